The number of hydrogen-bond acceptors (Lipinski definition) is 4. The molecule has 0 atom stereocenters. The van der Waals surface area contributed by atoms with Gasteiger partial charge in [-0.2, -0.15) is 5.10 Å². The number of benzene rings is 2. The van der Waals surface area contributed by atoms with Gasteiger partial charge in [-0.3, -0.25) is 4.98 Å². The number of halogens is 3. The van der Waals surface area contributed by atoms with Gasteiger partial charge in [-0.05, 0) is 35.2 Å². The molecule has 3 aromatic heterocycles. The zero-order chi connectivity index (χ0) is 20.8. The van der Waals surface area contributed by atoms with Gasteiger partial charge < -0.3 is 5.73 Å². The third kappa shape index (κ3) is 3.02. The van der Waals surface area contributed by atoms with Gasteiger partial charge in [0.25, 0.3) is 0 Å². The summed E-state index contributed by atoms with van der Waals surface area (Å²) in [5.41, 5.74) is 8.43. The SMILES string of the molecule is Nc1ncnn2ccc(-c3ccc4cc(Cc5cc(F)cc(F)c5)ncc4c3F)c12. The number of pyridine rings is 1. The summed E-state index contributed by atoms with van der Waals surface area (Å²) in [6.45, 7) is 0. The molecule has 0 aliphatic heterocycles. The van der Waals surface area contributed by atoms with Crippen LogP contribution in [0.3, 0.4) is 0 Å². The summed E-state index contributed by atoms with van der Waals surface area (Å²) in [4.78, 5) is 8.26. The second kappa shape index (κ2) is 6.84. The van der Waals surface area contributed by atoms with Crippen LogP contribution in [0.5, 0.6) is 0 Å². The lowest BCUT2D eigenvalue weighted by Crippen LogP contribution is -1.99. The number of nitrogen functional groups attached to an aromatic ring is 1. The molecule has 2 N–H and O–H groups in total. The van der Waals surface area contributed by atoms with Crippen LogP contribution in [0, 0.1) is 17.5 Å². The molecule has 0 aliphatic rings. The van der Waals surface area contributed by atoms with Gasteiger partial charge in [0.15, 0.2) is 5.82 Å². The van der Waals surface area contributed by atoms with E-state index in [2.05, 4.69) is 15.1 Å². The molecular weight excluding hydrogens is 391 g/mol. The lowest BCUT2D eigenvalue weighted by molar-refractivity contribution is 0.580. The van der Waals surface area contributed by atoms with Crippen molar-refractivity contribution in [3.05, 3.63) is 89.9 Å². The first-order valence-corrected chi connectivity index (χ1v) is 9.10. The Labute approximate surface area is 168 Å². The Bertz CT molecular complexity index is 1410. The van der Waals surface area contributed by atoms with Crippen LogP contribution in [0.25, 0.3) is 27.4 Å². The number of rotatable bonds is 3. The number of fused-ring (bicyclic) bond motifs is 2. The van der Waals surface area contributed by atoms with E-state index in [1.165, 1.54) is 24.7 Å². The van der Waals surface area contributed by atoms with Crippen LogP contribution < -0.4 is 5.73 Å². The highest BCUT2D eigenvalue weighted by molar-refractivity contribution is 5.93. The Morgan fingerprint density at radius 2 is 1.70 bits per heavy atom. The maximum absolute atomic E-state index is 15.3. The second-order valence-corrected chi connectivity index (χ2v) is 6.95. The lowest BCUT2D eigenvalue weighted by Gasteiger charge is -2.09. The summed E-state index contributed by atoms with van der Waals surface area (Å²) in [5, 5.41) is 5.04. The molecule has 5 nitrogen and oxygen atoms in total. The topological polar surface area (TPSA) is 69.1 Å². The highest BCUT2D eigenvalue weighted by Gasteiger charge is 2.16. The Balaban J connectivity index is 1.57. The first-order chi connectivity index (χ1) is 14.5. The van der Waals surface area contributed by atoms with E-state index in [-0.39, 0.29) is 12.2 Å². The van der Waals surface area contributed by atoms with Gasteiger partial charge in [0.2, 0.25) is 0 Å². The van der Waals surface area contributed by atoms with Crippen LogP contribution in [0.2, 0.25) is 0 Å². The summed E-state index contributed by atoms with van der Waals surface area (Å²) in [6, 6.07) is 10.2. The van der Waals surface area contributed by atoms with Gasteiger partial charge >= 0.3 is 0 Å². The van der Waals surface area contributed by atoms with Crippen LogP contribution in [-0.4, -0.2) is 19.6 Å². The normalized spacial score (nSPS) is 11.4. The Kier molecular flexibility index (Phi) is 4.13. The highest BCUT2D eigenvalue weighted by atomic mass is 19.1. The summed E-state index contributed by atoms with van der Waals surface area (Å²) in [5.74, 6) is -1.49. The molecule has 148 valence electrons. The second-order valence-electron chi connectivity index (χ2n) is 6.95. The molecule has 5 rings (SSSR count). The smallest absolute Gasteiger partial charge is 0.151 e. The fourth-order valence-electron chi connectivity index (χ4n) is 3.65. The van der Waals surface area contributed by atoms with Crippen LogP contribution in [0.4, 0.5) is 19.0 Å². The molecule has 3 heterocycles. The van der Waals surface area contributed by atoms with Crippen molar-refractivity contribution in [1.82, 2.24) is 19.6 Å². The van der Waals surface area contributed by atoms with Gasteiger partial charge in [0, 0.05) is 47.1 Å². The number of anilines is 1. The first kappa shape index (κ1) is 18.1. The summed E-state index contributed by atoms with van der Waals surface area (Å²) in [6.07, 6.45) is 4.67. The summed E-state index contributed by atoms with van der Waals surface area (Å²) >= 11 is 0. The van der Waals surface area contributed by atoms with E-state index < -0.39 is 17.5 Å². The maximum atomic E-state index is 15.3. The van der Waals surface area contributed by atoms with Crippen molar-refractivity contribution in [2.24, 2.45) is 0 Å². The van der Waals surface area contributed by atoms with Gasteiger partial charge in [-0.25, -0.2) is 22.7 Å². The number of nitrogens with zero attached hydrogens (tertiary/aromatic N) is 4. The Morgan fingerprint density at radius 1 is 0.900 bits per heavy atom. The van der Waals surface area contributed by atoms with Crippen molar-refractivity contribution < 1.29 is 13.2 Å². The molecule has 0 radical (unpaired) electrons. The van der Waals surface area contributed by atoms with Crippen molar-refractivity contribution in [2.45, 2.75) is 6.42 Å². The maximum Gasteiger partial charge on any atom is 0.151 e. The molecule has 0 spiro atoms. The molecule has 0 fully saturated rings. The number of hydrogen-bond donors (Lipinski definition) is 1. The average molecular weight is 405 g/mol. The molecule has 8 heteroatoms. The minimum Gasteiger partial charge on any atom is -0.382 e. The third-order valence-corrected chi connectivity index (χ3v) is 4.97. The lowest BCUT2D eigenvalue weighted by atomic mass is 10.0. The molecule has 0 saturated heterocycles. The average Bonchev–Trinajstić information content (AvgIpc) is 3.13. The first-order valence-electron chi connectivity index (χ1n) is 9.10. The molecule has 0 unspecified atom stereocenters. The molecule has 0 aliphatic carbocycles. The van der Waals surface area contributed by atoms with E-state index in [9.17, 15) is 8.78 Å². The predicted octanol–water partition coefficient (Wildman–Crippen LogP) is 4.53. The van der Waals surface area contributed by atoms with Crippen molar-refractivity contribution in [1.29, 1.82) is 0 Å². The largest absolute Gasteiger partial charge is 0.382 e. The molecule has 2 aromatic carbocycles. The van der Waals surface area contributed by atoms with Crippen molar-refractivity contribution in [2.75, 3.05) is 5.73 Å². The zero-order valence-electron chi connectivity index (χ0n) is 15.5. The van der Waals surface area contributed by atoms with Crippen LogP contribution in [0.1, 0.15) is 11.3 Å². The van der Waals surface area contributed by atoms with Gasteiger partial charge in [-0.1, -0.05) is 12.1 Å². The van der Waals surface area contributed by atoms with Crippen molar-refractivity contribution >= 4 is 22.1 Å². The molecule has 0 bridgehead atoms. The molecule has 30 heavy (non-hydrogen) atoms. The standard InChI is InChI=1S/C22H14F3N5/c23-14-5-12(6-15(24)9-14)7-16-8-13-1-2-17(20(25)19(13)10-27-16)18-3-4-30-21(18)22(26)28-11-29-30/h1-6,8-11H,7H2,(H2,26,28,29). The predicted molar refractivity (Wildman–Crippen MR) is 107 cm³/mol. The van der Waals surface area contributed by atoms with Crippen LogP contribution in [0.15, 0.2) is 61.2 Å². The van der Waals surface area contributed by atoms with E-state index in [1.54, 1.807) is 35.0 Å². The Hall–Kier alpha value is -3.94. The number of nitrogens with two attached hydrogens (primary N) is 1. The van der Waals surface area contributed by atoms with Crippen molar-refractivity contribution in [3.63, 3.8) is 0 Å². The van der Waals surface area contributed by atoms with E-state index in [1.807, 2.05) is 0 Å². The molecule has 5 aromatic rings. The van der Waals surface area contributed by atoms with Crippen LogP contribution in [-0.2, 0) is 6.42 Å². The molecule has 0 amide bonds. The van der Waals surface area contributed by atoms with Gasteiger partial charge in [0.05, 0.1) is 0 Å². The van der Waals surface area contributed by atoms with Crippen molar-refractivity contribution in [3.8, 4) is 11.1 Å². The molecule has 0 saturated carbocycles. The van der Waals surface area contributed by atoms with Crippen LogP contribution >= 0.6 is 0 Å². The van der Waals surface area contributed by atoms with E-state index in [4.69, 9.17) is 5.73 Å². The minimum atomic E-state index is -0.649. The quantitative estimate of drug-likeness (QED) is 0.479. The zero-order valence-corrected chi connectivity index (χ0v) is 15.5. The van der Waals surface area contributed by atoms with Gasteiger partial charge in [0.1, 0.15) is 29.3 Å². The number of aromatic nitrogens is 4. The highest BCUT2D eigenvalue weighted by Crippen LogP contribution is 2.33. The molecular formula is C22H14F3N5. The fraction of sp³-hybridized carbons (Fsp3) is 0.0455. The van der Waals surface area contributed by atoms with E-state index in [0.29, 0.717) is 38.7 Å². The van der Waals surface area contributed by atoms with Gasteiger partial charge in [-0.15, -0.1) is 0 Å². The summed E-state index contributed by atoms with van der Waals surface area (Å²) < 4.78 is 43.7. The Morgan fingerprint density at radius 3 is 2.50 bits per heavy atom. The fourth-order valence-corrected chi connectivity index (χ4v) is 3.65. The minimum absolute atomic E-state index is 0.228. The third-order valence-electron chi connectivity index (χ3n) is 4.97. The van der Waals surface area contributed by atoms with E-state index in [0.717, 1.165) is 6.07 Å². The van der Waals surface area contributed by atoms with E-state index >= 15 is 4.39 Å². The summed E-state index contributed by atoms with van der Waals surface area (Å²) in [7, 11) is 0. The monoisotopic (exact) mass is 405 g/mol.